The zero-order chi connectivity index (χ0) is 19.4. The lowest BCUT2D eigenvalue weighted by atomic mass is 10.1. The van der Waals surface area contributed by atoms with Crippen LogP contribution in [0.5, 0.6) is 5.75 Å². The van der Waals surface area contributed by atoms with Gasteiger partial charge in [-0.1, -0.05) is 6.92 Å². The molecule has 1 aromatic heterocycles. The molecule has 0 atom stereocenters. The predicted octanol–water partition coefficient (Wildman–Crippen LogP) is 2.66. The van der Waals surface area contributed by atoms with E-state index in [1.54, 1.807) is 0 Å². The van der Waals surface area contributed by atoms with Crippen molar-refractivity contribution in [3.8, 4) is 5.75 Å². The number of aromatic nitrogens is 2. The number of nitrogens with one attached hydrogen (secondary N) is 1. The van der Waals surface area contributed by atoms with Crippen molar-refractivity contribution in [2.45, 2.75) is 39.2 Å². The topological polar surface area (TPSA) is 93.4 Å². The summed E-state index contributed by atoms with van der Waals surface area (Å²) in [5.74, 6) is 0.622. The molecule has 3 N–H and O–H groups in total. The Labute approximate surface area is 159 Å². The molecule has 1 aromatic carbocycles. The average molecular weight is 369 g/mol. The van der Waals surface area contributed by atoms with Gasteiger partial charge in [0.1, 0.15) is 11.9 Å². The quantitative estimate of drug-likeness (QED) is 0.813. The maximum absolute atomic E-state index is 11.7. The molecule has 1 amide bonds. The number of nitrogens with zero attached hydrogens (tertiary/aromatic N) is 3. The van der Waals surface area contributed by atoms with Crippen molar-refractivity contribution in [2.24, 2.45) is 5.73 Å². The van der Waals surface area contributed by atoms with Gasteiger partial charge in [-0.05, 0) is 57.5 Å². The molecule has 0 radical (unpaired) electrons. The number of hydrogen-bond donors (Lipinski definition) is 2. The summed E-state index contributed by atoms with van der Waals surface area (Å²) in [5.41, 5.74) is 7.99. The molecule has 1 aliphatic heterocycles. The number of nitrogens with two attached hydrogens (primary N) is 1. The van der Waals surface area contributed by atoms with Gasteiger partial charge in [-0.2, -0.15) is 0 Å². The number of carbonyl (C=O) groups is 1. The van der Waals surface area contributed by atoms with E-state index in [0.717, 1.165) is 48.8 Å². The molecule has 0 saturated carbocycles. The smallest absolute Gasteiger partial charge is 0.271 e. The van der Waals surface area contributed by atoms with Crippen LogP contribution in [-0.4, -0.2) is 47.0 Å². The number of piperidine rings is 1. The first-order valence-corrected chi connectivity index (χ1v) is 9.36. The SMILES string of the molecule is CCc1nc(C(N)=O)c(Nc2ccc(OC3CCN(C)CC3)cc2)nc1C. The molecule has 1 saturated heterocycles. The van der Waals surface area contributed by atoms with Gasteiger partial charge in [0, 0.05) is 18.8 Å². The molecule has 0 aliphatic carbocycles. The molecular formula is C20H27N5O2. The molecule has 0 bridgehead atoms. The zero-order valence-electron chi connectivity index (χ0n) is 16.2. The van der Waals surface area contributed by atoms with Crippen LogP contribution in [-0.2, 0) is 6.42 Å². The number of ether oxygens (including phenoxy) is 1. The third-order valence-corrected chi connectivity index (χ3v) is 4.82. The van der Waals surface area contributed by atoms with Crippen LogP contribution < -0.4 is 15.8 Å². The van der Waals surface area contributed by atoms with Crippen molar-refractivity contribution in [2.75, 3.05) is 25.5 Å². The lowest BCUT2D eigenvalue weighted by Crippen LogP contribution is -2.35. The normalized spacial score (nSPS) is 15.5. The second-order valence-corrected chi connectivity index (χ2v) is 6.94. The summed E-state index contributed by atoms with van der Waals surface area (Å²) in [6.07, 6.45) is 3.04. The lowest BCUT2D eigenvalue weighted by Gasteiger charge is -2.29. The number of primary amides is 1. The number of benzene rings is 1. The van der Waals surface area contributed by atoms with Gasteiger partial charge in [0.25, 0.3) is 5.91 Å². The van der Waals surface area contributed by atoms with E-state index in [1.807, 2.05) is 38.1 Å². The van der Waals surface area contributed by atoms with Gasteiger partial charge < -0.3 is 20.7 Å². The largest absolute Gasteiger partial charge is 0.490 e. The van der Waals surface area contributed by atoms with Gasteiger partial charge in [0.2, 0.25) is 0 Å². The van der Waals surface area contributed by atoms with Crippen LogP contribution in [0.4, 0.5) is 11.5 Å². The highest BCUT2D eigenvalue weighted by Crippen LogP contribution is 2.24. The van der Waals surface area contributed by atoms with Gasteiger partial charge in [-0.25, -0.2) is 9.97 Å². The van der Waals surface area contributed by atoms with Crippen LogP contribution in [0.3, 0.4) is 0 Å². The van der Waals surface area contributed by atoms with E-state index >= 15 is 0 Å². The van der Waals surface area contributed by atoms with E-state index in [0.29, 0.717) is 12.2 Å². The third-order valence-electron chi connectivity index (χ3n) is 4.82. The molecule has 0 unspecified atom stereocenters. The minimum atomic E-state index is -0.595. The van der Waals surface area contributed by atoms with Crippen LogP contribution in [0.15, 0.2) is 24.3 Å². The highest BCUT2D eigenvalue weighted by atomic mass is 16.5. The van der Waals surface area contributed by atoms with Gasteiger partial charge in [0.15, 0.2) is 11.5 Å². The molecule has 3 rings (SSSR count). The number of amides is 1. The van der Waals surface area contributed by atoms with E-state index in [-0.39, 0.29) is 11.8 Å². The molecule has 0 spiro atoms. The Balaban J connectivity index is 1.71. The molecule has 7 heteroatoms. The summed E-state index contributed by atoms with van der Waals surface area (Å²) in [7, 11) is 2.13. The summed E-state index contributed by atoms with van der Waals surface area (Å²) in [5, 5.41) is 3.15. The third kappa shape index (κ3) is 4.74. The van der Waals surface area contributed by atoms with Crippen molar-refractivity contribution < 1.29 is 9.53 Å². The minimum absolute atomic E-state index is 0.157. The van der Waals surface area contributed by atoms with Gasteiger partial charge in [0.05, 0.1) is 11.4 Å². The van der Waals surface area contributed by atoms with Gasteiger partial charge >= 0.3 is 0 Å². The highest BCUT2D eigenvalue weighted by molar-refractivity contribution is 5.96. The summed E-state index contributed by atoms with van der Waals surface area (Å²) in [6, 6.07) is 7.65. The molecule has 27 heavy (non-hydrogen) atoms. The average Bonchev–Trinajstić information content (AvgIpc) is 2.65. The molecule has 1 aliphatic rings. The molecule has 144 valence electrons. The second kappa shape index (κ2) is 8.35. The summed E-state index contributed by atoms with van der Waals surface area (Å²) < 4.78 is 6.06. The number of aryl methyl sites for hydroxylation is 2. The van der Waals surface area contributed by atoms with Crippen LogP contribution in [0, 0.1) is 6.92 Å². The van der Waals surface area contributed by atoms with Crippen LogP contribution in [0.2, 0.25) is 0 Å². The zero-order valence-corrected chi connectivity index (χ0v) is 16.2. The lowest BCUT2D eigenvalue weighted by molar-refractivity contribution is 0.0996. The number of carbonyl (C=O) groups excluding carboxylic acids is 1. The summed E-state index contributed by atoms with van der Waals surface area (Å²) in [6.45, 7) is 5.97. The van der Waals surface area contributed by atoms with E-state index < -0.39 is 5.91 Å². The molecular weight excluding hydrogens is 342 g/mol. The second-order valence-electron chi connectivity index (χ2n) is 6.94. The van der Waals surface area contributed by atoms with Gasteiger partial charge in [-0.3, -0.25) is 4.79 Å². The maximum atomic E-state index is 11.7. The Hall–Kier alpha value is -2.67. The van der Waals surface area contributed by atoms with Gasteiger partial charge in [-0.15, -0.1) is 0 Å². The van der Waals surface area contributed by atoms with Crippen molar-refractivity contribution >= 4 is 17.4 Å². The summed E-state index contributed by atoms with van der Waals surface area (Å²) in [4.78, 5) is 22.9. The molecule has 1 fully saturated rings. The summed E-state index contributed by atoms with van der Waals surface area (Å²) >= 11 is 0. The van der Waals surface area contributed by atoms with Crippen molar-refractivity contribution in [1.82, 2.24) is 14.9 Å². The Kier molecular flexibility index (Phi) is 5.91. The monoisotopic (exact) mass is 369 g/mol. The number of likely N-dealkylation sites (tertiary alicyclic amines) is 1. The first-order chi connectivity index (χ1) is 13.0. The minimum Gasteiger partial charge on any atom is -0.490 e. The fourth-order valence-corrected chi connectivity index (χ4v) is 3.20. The first kappa shape index (κ1) is 19.1. The van der Waals surface area contributed by atoms with Crippen LogP contribution in [0.25, 0.3) is 0 Å². The van der Waals surface area contributed by atoms with Crippen LogP contribution >= 0.6 is 0 Å². The van der Waals surface area contributed by atoms with Crippen molar-refractivity contribution in [3.05, 3.63) is 41.3 Å². The first-order valence-electron chi connectivity index (χ1n) is 9.36. The fraction of sp³-hybridized carbons (Fsp3) is 0.450. The van der Waals surface area contributed by atoms with E-state index in [1.165, 1.54) is 0 Å². The number of rotatable bonds is 6. The maximum Gasteiger partial charge on any atom is 0.271 e. The highest BCUT2D eigenvalue weighted by Gasteiger charge is 2.18. The predicted molar refractivity (Wildman–Crippen MR) is 106 cm³/mol. The van der Waals surface area contributed by atoms with E-state index in [2.05, 4.69) is 27.2 Å². The van der Waals surface area contributed by atoms with E-state index in [4.69, 9.17) is 10.5 Å². The fourth-order valence-electron chi connectivity index (χ4n) is 3.20. The number of anilines is 2. The number of hydrogen-bond acceptors (Lipinski definition) is 6. The van der Waals surface area contributed by atoms with Crippen LogP contribution in [0.1, 0.15) is 41.6 Å². The Bertz CT molecular complexity index is 799. The molecule has 7 nitrogen and oxygen atoms in total. The molecule has 2 heterocycles. The van der Waals surface area contributed by atoms with E-state index in [9.17, 15) is 4.79 Å². The Morgan fingerprint density at radius 3 is 2.52 bits per heavy atom. The van der Waals surface area contributed by atoms with Crippen molar-refractivity contribution in [3.63, 3.8) is 0 Å². The van der Waals surface area contributed by atoms with Crippen molar-refractivity contribution in [1.29, 1.82) is 0 Å². The Morgan fingerprint density at radius 2 is 1.93 bits per heavy atom. The Morgan fingerprint density at radius 1 is 1.26 bits per heavy atom. The standard InChI is InChI=1S/C20H27N5O2/c1-4-17-13(2)22-20(18(24-17)19(21)26)23-14-5-7-15(8-6-14)27-16-9-11-25(3)12-10-16/h5-8,16H,4,9-12H2,1-3H3,(H2,21,26)(H,22,23). The molecule has 2 aromatic rings.